The van der Waals surface area contributed by atoms with E-state index in [1.807, 2.05) is 6.92 Å². The van der Waals surface area contributed by atoms with E-state index in [9.17, 15) is 0 Å². The number of hydrogen-bond acceptors (Lipinski definition) is 3. The van der Waals surface area contributed by atoms with Crippen LogP contribution in [-0.4, -0.2) is 48.8 Å². The Morgan fingerprint density at radius 2 is 2.07 bits per heavy atom. The van der Waals surface area contributed by atoms with Gasteiger partial charge in [-0.3, -0.25) is 0 Å². The average molecular weight is 200 g/mol. The molecule has 3 heteroatoms. The molecular weight excluding hydrogens is 176 g/mol. The largest absolute Gasteiger partial charge is 0.392 e. The van der Waals surface area contributed by atoms with Gasteiger partial charge in [0.25, 0.3) is 0 Å². The zero-order chi connectivity index (χ0) is 10.4. The molecule has 14 heavy (non-hydrogen) atoms. The number of nitrogens with one attached hydrogen (secondary N) is 1. The maximum Gasteiger partial charge on any atom is 0.0636 e. The minimum Gasteiger partial charge on any atom is -0.392 e. The minimum atomic E-state index is -0.217. The molecule has 0 saturated carbocycles. The summed E-state index contributed by atoms with van der Waals surface area (Å²) in [6.45, 7) is 9.54. The highest BCUT2D eigenvalue weighted by Crippen LogP contribution is 2.15. The summed E-state index contributed by atoms with van der Waals surface area (Å²) in [5.41, 5.74) is 0. The average Bonchev–Trinajstić information content (AvgIpc) is 2.18. The molecule has 1 atom stereocenters. The number of rotatable bonds is 5. The second-order valence-corrected chi connectivity index (χ2v) is 4.38. The van der Waals surface area contributed by atoms with Gasteiger partial charge in [-0.15, -0.1) is 0 Å². The fourth-order valence-electron chi connectivity index (χ4n) is 2.00. The fraction of sp³-hybridized carbons (Fsp3) is 1.00. The number of likely N-dealkylation sites (tertiary alicyclic amines) is 1. The van der Waals surface area contributed by atoms with E-state index in [-0.39, 0.29) is 6.10 Å². The normalized spacial score (nSPS) is 22.5. The van der Waals surface area contributed by atoms with Crippen molar-refractivity contribution < 1.29 is 5.11 Å². The monoisotopic (exact) mass is 200 g/mol. The molecule has 0 aliphatic carbocycles. The van der Waals surface area contributed by atoms with Crippen molar-refractivity contribution in [3.63, 3.8) is 0 Å². The summed E-state index contributed by atoms with van der Waals surface area (Å²) >= 11 is 0. The Labute approximate surface area is 87.5 Å². The Balaban J connectivity index is 2.04. The highest BCUT2D eigenvalue weighted by atomic mass is 16.3. The first-order valence-electron chi connectivity index (χ1n) is 5.83. The van der Waals surface area contributed by atoms with Gasteiger partial charge in [-0.05, 0) is 51.9 Å². The number of aliphatic hydroxyl groups excluding tert-OH is 1. The van der Waals surface area contributed by atoms with E-state index in [1.54, 1.807) is 0 Å². The van der Waals surface area contributed by atoms with E-state index >= 15 is 0 Å². The van der Waals surface area contributed by atoms with E-state index in [2.05, 4.69) is 17.1 Å². The van der Waals surface area contributed by atoms with Crippen LogP contribution in [0.5, 0.6) is 0 Å². The van der Waals surface area contributed by atoms with Crippen LogP contribution in [0.25, 0.3) is 0 Å². The molecule has 1 aliphatic heterocycles. The minimum absolute atomic E-state index is 0.217. The van der Waals surface area contributed by atoms with Crippen LogP contribution in [0.4, 0.5) is 0 Å². The van der Waals surface area contributed by atoms with E-state index in [1.165, 1.54) is 32.5 Å². The molecule has 1 rings (SSSR count). The van der Waals surface area contributed by atoms with Gasteiger partial charge in [0.2, 0.25) is 0 Å². The molecule has 84 valence electrons. The zero-order valence-corrected chi connectivity index (χ0v) is 9.50. The number of hydrogen-bond donors (Lipinski definition) is 2. The standard InChI is InChI=1S/C11H24N2O/c1-3-13-6-4-11(5-7-13)9-12-8-10(2)14/h10-12,14H,3-9H2,1-2H3. The van der Waals surface area contributed by atoms with E-state index in [0.717, 1.165) is 19.0 Å². The van der Waals surface area contributed by atoms with Crippen molar-refractivity contribution >= 4 is 0 Å². The van der Waals surface area contributed by atoms with Gasteiger partial charge in [-0.2, -0.15) is 0 Å². The quantitative estimate of drug-likeness (QED) is 0.685. The fourth-order valence-corrected chi connectivity index (χ4v) is 2.00. The second-order valence-electron chi connectivity index (χ2n) is 4.38. The predicted octanol–water partition coefficient (Wildman–Crippen LogP) is 0.689. The second kappa shape index (κ2) is 6.38. The molecule has 0 bridgehead atoms. The van der Waals surface area contributed by atoms with E-state index < -0.39 is 0 Å². The van der Waals surface area contributed by atoms with Crippen LogP contribution >= 0.6 is 0 Å². The van der Waals surface area contributed by atoms with Crippen LogP contribution in [-0.2, 0) is 0 Å². The summed E-state index contributed by atoms with van der Waals surface area (Å²) in [6.07, 6.45) is 2.40. The molecule has 1 saturated heterocycles. The van der Waals surface area contributed by atoms with Crippen molar-refractivity contribution in [1.29, 1.82) is 0 Å². The molecule has 3 nitrogen and oxygen atoms in total. The summed E-state index contributed by atoms with van der Waals surface area (Å²) in [5, 5.41) is 12.4. The first-order chi connectivity index (χ1) is 6.72. The molecule has 0 aromatic carbocycles. The Hall–Kier alpha value is -0.120. The summed E-state index contributed by atoms with van der Waals surface area (Å²) in [6, 6.07) is 0. The van der Waals surface area contributed by atoms with Crippen LogP contribution in [0, 0.1) is 5.92 Å². The molecule has 1 heterocycles. The zero-order valence-electron chi connectivity index (χ0n) is 9.50. The van der Waals surface area contributed by atoms with Gasteiger partial charge >= 0.3 is 0 Å². The molecular formula is C11H24N2O. The maximum absolute atomic E-state index is 9.09. The molecule has 0 aromatic heterocycles. The van der Waals surface area contributed by atoms with Gasteiger partial charge in [0, 0.05) is 6.54 Å². The van der Waals surface area contributed by atoms with Crippen molar-refractivity contribution in [2.75, 3.05) is 32.7 Å². The van der Waals surface area contributed by atoms with Crippen LogP contribution in [0.2, 0.25) is 0 Å². The molecule has 0 aromatic rings. The van der Waals surface area contributed by atoms with Gasteiger partial charge < -0.3 is 15.3 Å². The maximum atomic E-state index is 9.09. The SMILES string of the molecule is CCN1CCC(CNCC(C)O)CC1. The highest BCUT2D eigenvalue weighted by molar-refractivity contribution is 4.73. The van der Waals surface area contributed by atoms with Crippen molar-refractivity contribution in [3.8, 4) is 0 Å². The molecule has 1 aliphatic rings. The summed E-state index contributed by atoms with van der Waals surface area (Å²) in [4.78, 5) is 2.51. The number of nitrogens with zero attached hydrogens (tertiary/aromatic N) is 1. The molecule has 1 fully saturated rings. The van der Waals surface area contributed by atoms with Gasteiger partial charge in [0.15, 0.2) is 0 Å². The first-order valence-corrected chi connectivity index (χ1v) is 5.83. The predicted molar refractivity (Wildman–Crippen MR) is 59.4 cm³/mol. The van der Waals surface area contributed by atoms with Crippen LogP contribution in [0.3, 0.4) is 0 Å². The topological polar surface area (TPSA) is 35.5 Å². The lowest BCUT2D eigenvalue weighted by Crippen LogP contribution is -2.38. The molecule has 0 radical (unpaired) electrons. The smallest absolute Gasteiger partial charge is 0.0636 e. The van der Waals surface area contributed by atoms with E-state index in [4.69, 9.17) is 5.11 Å². The van der Waals surface area contributed by atoms with Crippen molar-refractivity contribution in [2.45, 2.75) is 32.8 Å². The van der Waals surface area contributed by atoms with Gasteiger partial charge in [-0.1, -0.05) is 6.92 Å². The summed E-state index contributed by atoms with van der Waals surface area (Å²) in [5.74, 6) is 0.816. The first kappa shape index (κ1) is 12.0. The summed E-state index contributed by atoms with van der Waals surface area (Å²) in [7, 11) is 0. The van der Waals surface area contributed by atoms with Gasteiger partial charge in [-0.25, -0.2) is 0 Å². The number of aliphatic hydroxyl groups is 1. The van der Waals surface area contributed by atoms with Crippen molar-refractivity contribution in [2.24, 2.45) is 5.92 Å². The van der Waals surface area contributed by atoms with Gasteiger partial charge in [0.05, 0.1) is 6.10 Å². The molecule has 0 spiro atoms. The summed E-state index contributed by atoms with van der Waals surface area (Å²) < 4.78 is 0. The lowest BCUT2D eigenvalue weighted by Gasteiger charge is -2.31. The Morgan fingerprint density at radius 1 is 1.43 bits per heavy atom. The third kappa shape index (κ3) is 4.40. The van der Waals surface area contributed by atoms with Gasteiger partial charge in [0.1, 0.15) is 0 Å². The van der Waals surface area contributed by atoms with E-state index in [0.29, 0.717) is 0 Å². The van der Waals surface area contributed by atoms with Crippen LogP contribution < -0.4 is 5.32 Å². The molecule has 0 amide bonds. The molecule has 1 unspecified atom stereocenters. The van der Waals surface area contributed by atoms with Crippen molar-refractivity contribution in [1.82, 2.24) is 10.2 Å². The highest BCUT2D eigenvalue weighted by Gasteiger charge is 2.17. The lowest BCUT2D eigenvalue weighted by atomic mass is 9.97. The van der Waals surface area contributed by atoms with Crippen molar-refractivity contribution in [3.05, 3.63) is 0 Å². The Bertz CT molecular complexity index is 142. The third-order valence-corrected chi connectivity index (χ3v) is 3.03. The number of piperidine rings is 1. The van der Waals surface area contributed by atoms with Crippen LogP contribution in [0.1, 0.15) is 26.7 Å². The molecule has 2 N–H and O–H groups in total. The lowest BCUT2D eigenvalue weighted by molar-refractivity contribution is 0.171. The Morgan fingerprint density at radius 3 is 2.57 bits per heavy atom. The third-order valence-electron chi connectivity index (χ3n) is 3.03. The Kier molecular flexibility index (Phi) is 5.45. The van der Waals surface area contributed by atoms with Crippen LogP contribution in [0.15, 0.2) is 0 Å².